The molecule has 0 bridgehead atoms. The summed E-state index contributed by atoms with van der Waals surface area (Å²) in [5.74, 6) is -0.433. The van der Waals surface area contributed by atoms with Crippen molar-refractivity contribution < 1.29 is 14.3 Å². The van der Waals surface area contributed by atoms with Crippen molar-refractivity contribution in [1.82, 2.24) is 4.90 Å². The number of piperazine rings is 1. The number of carbonyl (C=O) groups is 1. The van der Waals surface area contributed by atoms with E-state index in [0.29, 0.717) is 24.3 Å². The Morgan fingerprint density at radius 2 is 2.18 bits per heavy atom. The summed E-state index contributed by atoms with van der Waals surface area (Å²) >= 11 is 0. The van der Waals surface area contributed by atoms with E-state index in [1.807, 2.05) is 0 Å². The molecular formula is C12H15FN2O2. The van der Waals surface area contributed by atoms with E-state index in [1.165, 1.54) is 6.07 Å². The summed E-state index contributed by atoms with van der Waals surface area (Å²) in [5, 5.41) is 9.20. The number of carbonyl (C=O) groups excluding carboxylic acids is 1. The van der Waals surface area contributed by atoms with Crippen molar-refractivity contribution in [3.63, 3.8) is 0 Å². The second-order valence-electron chi connectivity index (χ2n) is 4.14. The normalized spacial score (nSPS) is 16.5. The van der Waals surface area contributed by atoms with Gasteiger partial charge >= 0.3 is 0 Å². The van der Waals surface area contributed by atoms with Crippen LogP contribution in [0.4, 0.5) is 10.1 Å². The van der Waals surface area contributed by atoms with Crippen LogP contribution in [-0.2, 0) is 11.4 Å². The molecule has 4 nitrogen and oxygen atoms in total. The summed E-state index contributed by atoms with van der Waals surface area (Å²) in [6.07, 6.45) is 0. The molecule has 2 rings (SSSR count). The minimum atomic E-state index is -0.395. The molecule has 92 valence electrons. The number of nitrogens with zero attached hydrogens (tertiary/aromatic N) is 2. The van der Waals surface area contributed by atoms with Gasteiger partial charge in [0.25, 0.3) is 0 Å². The molecule has 0 aromatic heterocycles. The van der Waals surface area contributed by atoms with Gasteiger partial charge in [0.05, 0.1) is 18.8 Å². The van der Waals surface area contributed by atoms with Gasteiger partial charge in [0.1, 0.15) is 5.82 Å². The first-order chi connectivity index (χ1) is 8.13. The highest BCUT2D eigenvalue weighted by molar-refractivity contribution is 5.83. The maximum atomic E-state index is 13.8. The van der Waals surface area contributed by atoms with Crippen LogP contribution in [0.3, 0.4) is 0 Å². The lowest BCUT2D eigenvalue weighted by Gasteiger charge is -2.34. The molecule has 1 aromatic rings. The molecule has 1 N–H and O–H groups in total. The van der Waals surface area contributed by atoms with Gasteiger partial charge in [-0.1, -0.05) is 12.1 Å². The van der Waals surface area contributed by atoms with E-state index < -0.39 is 5.82 Å². The van der Waals surface area contributed by atoms with E-state index in [9.17, 15) is 14.3 Å². The van der Waals surface area contributed by atoms with Crippen LogP contribution in [0.25, 0.3) is 0 Å². The number of benzene rings is 1. The van der Waals surface area contributed by atoms with Gasteiger partial charge in [0.15, 0.2) is 0 Å². The first-order valence-electron chi connectivity index (χ1n) is 5.50. The molecule has 1 amide bonds. The smallest absolute Gasteiger partial charge is 0.241 e. The fourth-order valence-electron chi connectivity index (χ4n) is 1.99. The summed E-state index contributed by atoms with van der Waals surface area (Å²) < 4.78 is 13.8. The highest BCUT2D eigenvalue weighted by Crippen LogP contribution is 2.25. The molecule has 0 aliphatic carbocycles. The molecule has 1 heterocycles. The van der Waals surface area contributed by atoms with Crippen molar-refractivity contribution in [2.45, 2.75) is 6.61 Å². The molecular weight excluding hydrogens is 223 g/mol. The van der Waals surface area contributed by atoms with Gasteiger partial charge in [-0.3, -0.25) is 4.79 Å². The number of halogens is 1. The van der Waals surface area contributed by atoms with Gasteiger partial charge in [-0.2, -0.15) is 0 Å². The van der Waals surface area contributed by atoms with Crippen molar-refractivity contribution in [3.05, 3.63) is 29.6 Å². The quantitative estimate of drug-likeness (QED) is 0.820. The number of hydrogen-bond acceptors (Lipinski definition) is 3. The van der Waals surface area contributed by atoms with E-state index in [-0.39, 0.29) is 19.1 Å². The monoisotopic (exact) mass is 238 g/mol. The molecule has 1 aromatic carbocycles. The van der Waals surface area contributed by atoms with Crippen LogP contribution in [0.2, 0.25) is 0 Å². The lowest BCUT2D eigenvalue weighted by atomic mass is 10.1. The maximum Gasteiger partial charge on any atom is 0.241 e. The molecule has 0 radical (unpaired) electrons. The summed E-state index contributed by atoms with van der Waals surface area (Å²) in [4.78, 5) is 14.9. The number of amides is 1. The largest absolute Gasteiger partial charge is 0.392 e. The Kier molecular flexibility index (Phi) is 3.28. The topological polar surface area (TPSA) is 43.8 Å². The second kappa shape index (κ2) is 4.71. The minimum Gasteiger partial charge on any atom is -0.392 e. The summed E-state index contributed by atoms with van der Waals surface area (Å²) in [6.45, 7) is 1.08. The van der Waals surface area contributed by atoms with Crippen molar-refractivity contribution in [3.8, 4) is 0 Å². The second-order valence-corrected chi connectivity index (χ2v) is 4.14. The van der Waals surface area contributed by atoms with E-state index in [0.717, 1.165) is 0 Å². The minimum absolute atomic E-state index is 0.0385. The SMILES string of the molecule is CN1CCN(c2c(F)cccc2CO)CC1=O. The van der Waals surface area contributed by atoms with Gasteiger partial charge in [0, 0.05) is 25.7 Å². The first-order valence-corrected chi connectivity index (χ1v) is 5.50. The Morgan fingerprint density at radius 1 is 1.41 bits per heavy atom. The van der Waals surface area contributed by atoms with Crippen LogP contribution < -0.4 is 4.90 Å². The Morgan fingerprint density at radius 3 is 2.82 bits per heavy atom. The van der Waals surface area contributed by atoms with Gasteiger partial charge in [-0.15, -0.1) is 0 Å². The Labute approximate surface area is 99.3 Å². The molecule has 1 saturated heterocycles. The molecule has 0 spiro atoms. The molecule has 1 aliphatic heterocycles. The summed E-state index contributed by atoms with van der Waals surface area (Å²) in [5.41, 5.74) is 0.860. The number of aliphatic hydroxyl groups excluding tert-OH is 1. The third-order valence-electron chi connectivity index (χ3n) is 3.01. The molecule has 1 fully saturated rings. The van der Waals surface area contributed by atoms with Crippen molar-refractivity contribution in [2.24, 2.45) is 0 Å². The molecule has 17 heavy (non-hydrogen) atoms. The van der Waals surface area contributed by atoms with E-state index in [4.69, 9.17) is 0 Å². The number of likely N-dealkylation sites (N-methyl/N-ethyl adjacent to an activating group) is 1. The zero-order valence-corrected chi connectivity index (χ0v) is 9.69. The number of aliphatic hydroxyl groups is 1. The zero-order chi connectivity index (χ0) is 12.4. The fourth-order valence-corrected chi connectivity index (χ4v) is 1.99. The predicted molar refractivity (Wildman–Crippen MR) is 62.2 cm³/mol. The Hall–Kier alpha value is -1.62. The standard InChI is InChI=1S/C12H15FN2O2/c1-14-5-6-15(7-11(14)17)12-9(8-16)3-2-4-10(12)13/h2-4,16H,5-8H2,1H3. The highest BCUT2D eigenvalue weighted by atomic mass is 19.1. The summed E-state index contributed by atoms with van der Waals surface area (Å²) in [6, 6.07) is 4.57. The van der Waals surface area contributed by atoms with E-state index in [2.05, 4.69) is 0 Å². The molecule has 5 heteroatoms. The molecule has 0 atom stereocenters. The van der Waals surface area contributed by atoms with Crippen molar-refractivity contribution in [1.29, 1.82) is 0 Å². The van der Waals surface area contributed by atoms with Crippen LogP contribution in [0.1, 0.15) is 5.56 Å². The molecule has 1 aliphatic rings. The lowest BCUT2D eigenvalue weighted by Crippen LogP contribution is -2.49. The fraction of sp³-hybridized carbons (Fsp3) is 0.417. The Balaban J connectivity index is 2.31. The zero-order valence-electron chi connectivity index (χ0n) is 9.69. The van der Waals surface area contributed by atoms with Gasteiger partial charge < -0.3 is 14.9 Å². The first kappa shape index (κ1) is 11.9. The van der Waals surface area contributed by atoms with Crippen LogP contribution >= 0.6 is 0 Å². The number of hydrogen-bond donors (Lipinski definition) is 1. The lowest BCUT2D eigenvalue weighted by molar-refractivity contribution is -0.129. The van der Waals surface area contributed by atoms with Crippen molar-refractivity contribution >= 4 is 11.6 Å². The average Bonchev–Trinajstić information content (AvgIpc) is 2.32. The van der Waals surface area contributed by atoms with Crippen LogP contribution in [0, 0.1) is 5.82 Å². The summed E-state index contributed by atoms with van der Waals surface area (Å²) in [7, 11) is 1.73. The predicted octanol–water partition coefficient (Wildman–Crippen LogP) is 0.596. The molecule has 0 unspecified atom stereocenters. The maximum absolute atomic E-state index is 13.8. The number of rotatable bonds is 2. The van der Waals surface area contributed by atoms with Crippen molar-refractivity contribution in [2.75, 3.05) is 31.6 Å². The third-order valence-corrected chi connectivity index (χ3v) is 3.01. The van der Waals surface area contributed by atoms with E-state index >= 15 is 0 Å². The number of anilines is 1. The molecule has 0 saturated carbocycles. The Bertz CT molecular complexity index is 437. The van der Waals surface area contributed by atoms with Gasteiger partial charge in [-0.05, 0) is 6.07 Å². The van der Waals surface area contributed by atoms with Gasteiger partial charge in [0.2, 0.25) is 5.91 Å². The third kappa shape index (κ3) is 2.24. The van der Waals surface area contributed by atoms with Crippen LogP contribution in [0.15, 0.2) is 18.2 Å². The van der Waals surface area contributed by atoms with Crippen LogP contribution in [-0.4, -0.2) is 42.6 Å². The average molecular weight is 238 g/mol. The highest BCUT2D eigenvalue weighted by Gasteiger charge is 2.24. The van der Waals surface area contributed by atoms with Crippen LogP contribution in [0.5, 0.6) is 0 Å². The van der Waals surface area contributed by atoms with Gasteiger partial charge in [-0.25, -0.2) is 4.39 Å². The number of para-hydroxylation sites is 1. The van der Waals surface area contributed by atoms with E-state index in [1.54, 1.807) is 29.0 Å².